The molecule has 0 aliphatic carbocycles. The Morgan fingerprint density at radius 1 is 1.12 bits per heavy atom. The van der Waals surface area contributed by atoms with Crippen LogP contribution in [-0.2, 0) is 16.6 Å². The molecule has 1 aromatic heterocycles. The Labute approximate surface area is 249 Å². The fourth-order valence-corrected chi connectivity index (χ4v) is 5.65. The van der Waals surface area contributed by atoms with Crippen molar-refractivity contribution in [1.82, 2.24) is 9.99 Å². The quantitative estimate of drug-likeness (QED) is 0.107. The van der Waals surface area contributed by atoms with Crippen molar-refractivity contribution < 1.29 is 22.7 Å². The van der Waals surface area contributed by atoms with E-state index in [-0.39, 0.29) is 16.2 Å². The summed E-state index contributed by atoms with van der Waals surface area (Å²) >= 11 is 1.34. The average Bonchev–Trinajstić information content (AvgIpc) is 3.39. The number of allylic oxidation sites excluding steroid dienone is 1. The van der Waals surface area contributed by atoms with E-state index in [1.807, 2.05) is 47.2 Å². The van der Waals surface area contributed by atoms with Crippen molar-refractivity contribution in [3.8, 4) is 28.5 Å². The molecule has 0 aliphatic heterocycles. The van der Waals surface area contributed by atoms with Crippen LogP contribution in [0, 0.1) is 0 Å². The number of hydrogen-bond acceptors (Lipinski definition) is 8. The molecule has 0 unspecified atom stereocenters. The maximum atomic E-state index is 13.3. The van der Waals surface area contributed by atoms with Crippen LogP contribution in [0.4, 0.5) is 5.69 Å². The van der Waals surface area contributed by atoms with Crippen molar-refractivity contribution in [1.29, 1.82) is 0 Å². The minimum absolute atomic E-state index is 0.0134. The molecule has 0 saturated carbocycles. The largest absolute Gasteiger partial charge is 0.497 e. The van der Waals surface area contributed by atoms with Crippen molar-refractivity contribution in [2.75, 3.05) is 19.0 Å². The number of carbonyl (C=O) groups is 1. The molecule has 12 heteroatoms. The van der Waals surface area contributed by atoms with Gasteiger partial charge in [-0.05, 0) is 60.5 Å². The third-order valence-corrected chi connectivity index (χ3v) is 7.96. The summed E-state index contributed by atoms with van der Waals surface area (Å²) in [5.74, 6) is 0.558. The second-order valence-corrected chi connectivity index (χ2v) is 11.5. The van der Waals surface area contributed by atoms with Crippen LogP contribution in [-0.4, -0.2) is 32.5 Å². The molecule has 10 nitrogen and oxygen atoms in total. The van der Waals surface area contributed by atoms with Crippen molar-refractivity contribution in [2.45, 2.75) is 31.2 Å². The highest BCUT2D eigenvalue weighted by Crippen LogP contribution is 2.37. The van der Waals surface area contributed by atoms with E-state index in [4.69, 9.17) is 14.6 Å². The lowest BCUT2D eigenvalue weighted by atomic mass is 10.1. The van der Waals surface area contributed by atoms with Crippen molar-refractivity contribution in [2.24, 2.45) is 10.2 Å². The molecule has 1 heterocycles. The van der Waals surface area contributed by atoms with Crippen molar-refractivity contribution in [3.05, 3.63) is 95.1 Å². The zero-order valence-electron chi connectivity index (χ0n) is 23.4. The number of primary sulfonamides is 1. The first-order chi connectivity index (χ1) is 20.2. The van der Waals surface area contributed by atoms with Gasteiger partial charge in [0.1, 0.15) is 16.4 Å². The van der Waals surface area contributed by atoms with Gasteiger partial charge in [-0.1, -0.05) is 37.6 Å². The predicted octanol–water partition coefficient (Wildman–Crippen LogP) is 5.31. The number of amides is 1. The number of nitrogens with one attached hydrogen (secondary N) is 2. The van der Waals surface area contributed by atoms with Gasteiger partial charge in [0.25, 0.3) is 5.91 Å². The Hall–Kier alpha value is -4.39. The Morgan fingerprint density at radius 3 is 2.50 bits per heavy atom. The van der Waals surface area contributed by atoms with Gasteiger partial charge in [-0.2, -0.15) is 0 Å². The molecule has 0 radical (unpaired) electrons. The van der Waals surface area contributed by atoms with Gasteiger partial charge >= 0.3 is 0 Å². The van der Waals surface area contributed by atoms with Crippen molar-refractivity contribution in [3.63, 3.8) is 0 Å². The Kier molecular flexibility index (Phi) is 10.2. The minimum atomic E-state index is -4.27. The molecule has 42 heavy (non-hydrogen) atoms. The first kappa shape index (κ1) is 30.6. The first-order valence-corrected chi connectivity index (χ1v) is 15.6. The van der Waals surface area contributed by atoms with Crippen LogP contribution in [0.25, 0.3) is 11.3 Å². The van der Waals surface area contributed by atoms with Crippen molar-refractivity contribution >= 4 is 33.0 Å². The zero-order chi connectivity index (χ0) is 30.1. The summed E-state index contributed by atoms with van der Waals surface area (Å²) in [7, 11) is -2.67. The molecule has 0 fully saturated rings. The number of carbonyl (C=O) groups excluding carboxylic acids is 1. The number of nitrogens with zero attached hydrogens (tertiary/aromatic N) is 2. The third-order valence-electron chi connectivity index (χ3n) is 6.18. The minimum Gasteiger partial charge on any atom is -0.497 e. The van der Waals surface area contributed by atoms with Crippen LogP contribution in [0.3, 0.4) is 0 Å². The molecule has 0 spiro atoms. The van der Waals surface area contributed by atoms with Gasteiger partial charge in [0.05, 0.1) is 18.5 Å². The maximum absolute atomic E-state index is 13.3. The number of benzene rings is 3. The lowest BCUT2D eigenvalue weighted by Gasteiger charge is -2.17. The number of nitrogens with two attached hydrogens (primary N) is 1. The summed E-state index contributed by atoms with van der Waals surface area (Å²) in [4.78, 5) is 13.5. The van der Waals surface area contributed by atoms with E-state index in [0.29, 0.717) is 29.3 Å². The standard InChI is InChI=1S/C30H33N5O5S2/c1-4-6-16-32-25-18-22(19-27(42(31,37)38)28(25)40-24-10-8-7-9-11-24)29(36)33-34-30-35(17-5-2)26(20-41-30)21-12-14-23(39-3)15-13-21/h5,7-15,18-20,32H,2,4,6,16-17H2,1,3H3,(H,33,36)(H2,31,37,38)/b34-30-. The molecule has 4 aromatic rings. The normalized spacial score (nSPS) is 11.6. The molecule has 4 rings (SSSR count). The first-order valence-electron chi connectivity index (χ1n) is 13.2. The highest BCUT2D eigenvalue weighted by atomic mass is 32.2. The smallest absolute Gasteiger partial charge is 0.271 e. The molecular formula is C30H33N5O5S2. The predicted molar refractivity (Wildman–Crippen MR) is 165 cm³/mol. The lowest BCUT2D eigenvalue weighted by Crippen LogP contribution is -2.25. The Morgan fingerprint density at radius 2 is 1.86 bits per heavy atom. The van der Waals surface area contributed by atoms with E-state index in [2.05, 4.69) is 22.4 Å². The third kappa shape index (κ3) is 7.46. The molecule has 3 aromatic carbocycles. The van der Waals surface area contributed by atoms with Gasteiger partial charge < -0.3 is 19.4 Å². The summed E-state index contributed by atoms with van der Waals surface area (Å²) in [6.07, 6.45) is 3.46. The van der Waals surface area contributed by atoms with Gasteiger partial charge in [0.15, 0.2) is 5.75 Å². The molecule has 4 N–H and O–H groups in total. The number of methoxy groups -OCH3 is 1. The molecule has 1 amide bonds. The van der Waals surface area contributed by atoms with Crippen LogP contribution in [0.5, 0.6) is 17.2 Å². The number of unbranched alkanes of at least 4 members (excludes halogenated alkanes) is 1. The highest BCUT2D eigenvalue weighted by Gasteiger charge is 2.24. The van der Waals surface area contributed by atoms with Crippen LogP contribution in [0.1, 0.15) is 30.1 Å². The van der Waals surface area contributed by atoms with Crippen LogP contribution >= 0.6 is 11.3 Å². The number of para-hydroxylation sites is 1. The zero-order valence-corrected chi connectivity index (χ0v) is 25.0. The average molecular weight is 608 g/mol. The van der Waals surface area contributed by atoms with Gasteiger partial charge in [-0.25, -0.2) is 19.0 Å². The Bertz CT molecular complexity index is 1710. The topological polar surface area (TPSA) is 137 Å². The second kappa shape index (κ2) is 14.0. The molecule has 0 bridgehead atoms. The van der Waals surface area contributed by atoms with E-state index in [1.165, 1.54) is 23.5 Å². The van der Waals surface area contributed by atoms with Gasteiger partial charge in [-0.15, -0.1) is 23.0 Å². The molecule has 220 valence electrons. The highest BCUT2D eigenvalue weighted by molar-refractivity contribution is 7.89. The fourth-order valence-electron chi connectivity index (χ4n) is 4.07. The van der Waals surface area contributed by atoms with E-state index >= 15 is 0 Å². The number of aromatic nitrogens is 1. The van der Waals surface area contributed by atoms with Crippen LogP contribution < -0.4 is 30.2 Å². The summed E-state index contributed by atoms with van der Waals surface area (Å²) in [5, 5.41) is 15.1. The van der Waals surface area contributed by atoms with E-state index in [0.717, 1.165) is 29.8 Å². The molecule has 0 atom stereocenters. The molecular weight excluding hydrogens is 574 g/mol. The number of anilines is 1. The van der Waals surface area contributed by atoms with E-state index in [9.17, 15) is 13.2 Å². The summed E-state index contributed by atoms with van der Waals surface area (Å²) in [5.41, 5.74) is 4.75. The SMILES string of the molecule is C=CCn1c(-c2ccc(OC)cc2)cs/c1=N\NC(=O)c1cc(NCCCC)c(Oc2ccccc2)c(S(N)(=O)=O)c1. The van der Waals surface area contributed by atoms with Gasteiger partial charge in [-0.3, -0.25) is 4.79 Å². The fraction of sp³-hybridized carbons (Fsp3) is 0.200. The summed E-state index contributed by atoms with van der Waals surface area (Å²) in [6.45, 7) is 6.86. The number of ether oxygens (including phenoxy) is 2. The monoisotopic (exact) mass is 607 g/mol. The second-order valence-electron chi connectivity index (χ2n) is 9.18. The molecule has 0 saturated heterocycles. The number of thiazole rings is 1. The van der Waals surface area contributed by atoms with Crippen LogP contribution in [0.2, 0.25) is 0 Å². The Balaban J connectivity index is 1.71. The van der Waals surface area contributed by atoms with Gasteiger partial charge in [0.2, 0.25) is 14.8 Å². The lowest BCUT2D eigenvalue weighted by molar-refractivity contribution is 0.0952. The van der Waals surface area contributed by atoms with E-state index < -0.39 is 15.9 Å². The number of hydrogen-bond donors (Lipinski definition) is 3. The summed E-state index contributed by atoms with van der Waals surface area (Å²) < 4.78 is 38.5. The maximum Gasteiger partial charge on any atom is 0.271 e. The van der Waals surface area contributed by atoms with Gasteiger partial charge in [0, 0.05) is 24.0 Å². The summed E-state index contributed by atoms with van der Waals surface area (Å²) in [6, 6.07) is 19.1. The van der Waals surface area contributed by atoms with Crippen LogP contribution in [0.15, 0.2) is 94.8 Å². The molecule has 0 aliphatic rings. The van der Waals surface area contributed by atoms with E-state index in [1.54, 1.807) is 37.5 Å². The number of rotatable bonds is 13. The number of sulfonamides is 1.